The molecule has 1 aromatic heterocycles. The number of hydrogen-bond donors (Lipinski definition) is 1. The Morgan fingerprint density at radius 1 is 1.32 bits per heavy atom. The lowest BCUT2D eigenvalue weighted by atomic mass is 9.71. The smallest absolute Gasteiger partial charge is 0.0813 e. The predicted octanol–water partition coefficient (Wildman–Crippen LogP) is 4.20. The Morgan fingerprint density at radius 2 is 2.05 bits per heavy atom. The summed E-state index contributed by atoms with van der Waals surface area (Å²) >= 11 is 1.86. The molecule has 0 aromatic carbocycles. The minimum atomic E-state index is 0.439. The van der Waals surface area contributed by atoms with Crippen molar-refractivity contribution in [2.24, 2.45) is 11.3 Å². The van der Waals surface area contributed by atoms with E-state index in [1.54, 1.807) is 0 Å². The van der Waals surface area contributed by atoms with Gasteiger partial charge in [0, 0.05) is 16.3 Å². The maximum absolute atomic E-state index is 6.16. The third-order valence-electron chi connectivity index (χ3n) is 3.88. The molecule has 108 valence electrons. The summed E-state index contributed by atoms with van der Waals surface area (Å²) in [6.07, 6.45) is 4.19. The Kier molecular flexibility index (Phi) is 5.04. The molecule has 19 heavy (non-hydrogen) atoms. The van der Waals surface area contributed by atoms with Crippen LogP contribution in [0, 0.1) is 11.3 Å². The molecule has 1 N–H and O–H groups in total. The minimum absolute atomic E-state index is 0.439. The van der Waals surface area contributed by atoms with Crippen LogP contribution in [0.2, 0.25) is 0 Å². The van der Waals surface area contributed by atoms with Crippen LogP contribution in [0.5, 0.6) is 0 Å². The standard InChI is InChI=1S/C16H27NOS/c1-12-7-13(9-16(2,3)8-12)18-11-15-6-5-14(19-15)10-17-4/h5-6,12-13,17H,7-11H2,1-4H3. The van der Waals surface area contributed by atoms with E-state index in [2.05, 4.69) is 38.2 Å². The van der Waals surface area contributed by atoms with Gasteiger partial charge in [-0.15, -0.1) is 11.3 Å². The van der Waals surface area contributed by atoms with Crippen LogP contribution in [-0.2, 0) is 17.9 Å². The Hall–Kier alpha value is -0.380. The fraction of sp³-hybridized carbons (Fsp3) is 0.750. The summed E-state index contributed by atoms with van der Waals surface area (Å²) in [4.78, 5) is 2.74. The lowest BCUT2D eigenvalue weighted by molar-refractivity contribution is -0.0306. The molecular formula is C16H27NOS. The second-order valence-electron chi connectivity index (χ2n) is 6.74. The number of thiophene rings is 1. The van der Waals surface area contributed by atoms with Crippen LogP contribution >= 0.6 is 11.3 Å². The van der Waals surface area contributed by atoms with E-state index >= 15 is 0 Å². The van der Waals surface area contributed by atoms with Gasteiger partial charge in [0.15, 0.2) is 0 Å². The van der Waals surface area contributed by atoms with Gasteiger partial charge >= 0.3 is 0 Å². The van der Waals surface area contributed by atoms with Gasteiger partial charge in [0.25, 0.3) is 0 Å². The summed E-state index contributed by atoms with van der Waals surface area (Å²) < 4.78 is 6.16. The van der Waals surface area contributed by atoms with Crippen LogP contribution < -0.4 is 5.32 Å². The molecule has 1 aliphatic carbocycles. The van der Waals surface area contributed by atoms with Gasteiger partial charge in [0.1, 0.15) is 0 Å². The van der Waals surface area contributed by atoms with Crippen LogP contribution in [0.25, 0.3) is 0 Å². The van der Waals surface area contributed by atoms with Crippen molar-refractivity contribution in [3.8, 4) is 0 Å². The number of hydrogen-bond acceptors (Lipinski definition) is 3. The van der Waals surface area contributed by atoms with Gasteiger partial charge in [-0.05, 0) is 49.8 Å². The molecule has 1 aromatic rings. The van der Waals surface area contributed by atoms with Gasteiger partial charge < -0.3 is 10.1 Å². The van der Waals surface area contributed by atoms with Gasteiger partial charge in [-0.2, -0.15) is 0 Å². The van der Waals surface area contributed by atoms with Crippen molar-refractivity contribution in [3.05, 3.63) is 21.9 Å². The third kappa shape index (κ3) is 4.59. The molecule has 0 amide bonds. The van der Waals surface area contributed by atoms with Gasteiger partial charge in [-0.1, -0.05) is 20.8 Å². The molecule has 0 aliphatic heterocycles. The van der Waals surface area contributed by atoms with E-state index in [-0.39, 0.29) is 0 Å². The highest BCUT2D eigenvalue weighted by atomic mass is 32.1. The molecule has 2 atom stereocenters. The lowest BCUT2D eigenvalue weighted by Gasteiger charge is -2.38. The maximum atomic E-state index is 6.16. The molecule has 1 aliphatic rings. The van der Waals surface area contributed by atoms with E-state index < -0.39 is 0 Å². The van der Waals surface area contributed by atoms with E-state index in [1.807, 2.05) is 18.4 Å². The first kappa shape index (κ1) is 15.0. The van der Waals surface area contributed by atoms with Crippen molar-refractivity contribution in [1.29, 1.82) is 0 Å². The van der Waals surface area contributed by atoms with Crippen LogP contribution in [0.3, 0.4) is 0 Å². The number of nitrogens with one attached hydrogen (secondary N) is 1. The molecule has 2 unspecified atom stereocenters. The van der Waals surface area contributed by atoms with E-state index in [9.17, 15) is 0 Å². The van der Waals surface area contributed by atoms with Crippen LogP contribution in [0.1, 0.15) is 49.8 Å². The molecule has 2 nitrogen and oxygen atoms in total. The molecule has 0 radical (unpaired) electrons. The Labute approximate surface area is 121 Å². The summed E-state index contributed by atoms with van der Waals surface area (Å²) in [7, 11) is 1.99. The monoisotopic (exact) mass is 281 g/mol. The largest absolute Gasteiger partial charge is 0.373 e. The molecule has 1 fully saturated rings. The van der Waals surface area contributed by atoms with Crippen molar-refractivity contribution in [1.82, 2.24) is 5.32 Å². The van der Waals surface area contributed by atoms with Crippen molar-refractivity contribution in [2.75, 3.05) is 7.05 Å². The summed E-state index contributed by atoms with van der Waals surface area (Å²) in [5.41, 5.74) is 0.440. The maximum Gasteiger partial charge on any atom is 0.0813 e. The molecule has 2 rings (SSSR count). The van der Waals surface area contributed by atoms with Crippen molar-refractivity contribution in [3.63, 3.8) is 0 Å². The molecule has 1 heterocycles. The molecule has 0 spiro atoms. The summed E-state index contributed by atoms with van der Waals surface area (Å²) in [6.45, 7) is 8.83. The average Bonchev–Trinajstić information content (AvgIpc) is 2.72. The quantitative estimate of drug-likeness (QED) is 0.873. The van der Waals surface area contributed by atoms with Gasteiger partial charge in [0.2, 0.25) is 0 Å². The van der Waals surface area contributed by atoms with Crippen molar-refractivity contribution < 1.29 is 4.74 Å². The zero-order valence-corrected chi connectivity index (χ0v) is 13.5. The topological polar surface area (TPSA) is 21.3 Å². The van der Waals surface area contributed by atoms with Gasteiger partial charge in [0.05, 0.1) is 12.7 Å². The highest BCUT2D eigenvalue weighted by Gasteiger charge is 2.32. The highest BCUT2D eigenvalue weighted by molar-refractivity contribution is 7.11. The van der Waals surface area contributed by atoms with Crippen LogP contribution in [0.15, 0.2) is 12.1 Å². The molecular weight excluding hydrogens is 254 g/mol. The Bertz CT molecular complexity index is 399. The minimum Gasteiger partial charge on any atom is -0.373 e. The Balaban J connectivity index is 1.84. The first-order chi connectivity index (χ1) is 8.98. The van der Waals surface area contributed by atoms with E-state index in [4.69, 9.17) is 4.74 Å². The number of ether oxygens (including phenoxy) is 1. The zero-order valence-electron chi connectivity index (χ0n) is 12.7. The fourth-order valence-electron chi connectivity index (χ4n) is 3.35. The zero-order chi connectivity index (χ0) is 13.9. The van der Waals surface area contributed by atoms with Gasteiger partial charge in [-0.25, -0.2) is 0 Å². The Morgan fingerprint density at radius 3 is 2.74 bits per heavy atom. The second kappa shape index (κ2) is 6.38. The lowest BCUT2D eigenvalue weighted by Crippen LogP contribution is -2.32. The molecule has 1 saturated carbocycles. The normalized spacial score (nSPS) is 26.5. The summed E-state index contributed by atoms with van der Waals surface area (Å²) in [5, 5.41) is 3.19. The first-order valence-electron chi connectivity index (χ1n) is 7.32. The fourth-order valence-corrected chi connectivity index (χ4v) is 4.31. The summed E-state index contributed by atoms with van der Waals surface area (Å²) in [6, 6.07) is 4.40. The van der Waals surface area contributed by atoms with Crippen LogP contribution in [0.4, 0.5) is 0 Å². The molecule has 0 bridgehead atoms. The molecule has 3 heteroatoms. The van der Waals surface area contributed by atoms with Crippen molar-refractivity contribution in [2.45, 2.75) is 59.3 Å². The first-order valence-corrected chi connectivity index (χ1v) is 8.14. The van der Waals surface area contributed by atoms with E-state index in [1.165, 1.54) is 29.0 Å². The SMILES string of the molecule is CNCc1ccc(COC2CC(C)CC(C)(C)C2)s1. The molecule has 0 saturated heterocycles. The number of rotatable bonds is 5. The third-order valence-corrected chi connectivity index (χ3v) is 4.93. The van der Waals surface area contributed by atoms with Gasteiger partial charge in [-0.3, -0.25) is 0 Å². The van der Waals surface area contributed by atoms with Crippen molar-refractivity contribution >= 4 is 11.3 Å². The van der Waals surface area contributed by atoms with Crippen LogP contribution in [-0.4, -0.2) is 13.2 Å². The predicted molar refractivity (Wildman–Crippen MR) is 82.5 cm³/mol. The second-order valence-corrected chi connectivity index (χ2v) is 8.00. The average molecular weight is 281 g/mol. The summed E-state index contributed by atoms with van der Waals surface area (Å²) in [5.74, 6) is 0.789. The van der Waals surface area contributed by atoms with E-state index in [0.29, 0.717) is 11.5 Å². The highest BCUT2D eigenvalue weighted by Crippen LogP contribution is 2.40. The van der Waals surface area contributed by atoms with E-state index in [0.717, 1.165) is 19.1 Å².